The molecule has 6 nitrogen and oxygen atoms in total. The molecule has 0 amide bonds. The third-order valence-corrected chi connectivity index (χ3v) is 8.02. The molecule has 3 rings (SSSR count). The van der Waals surface area contributed by atoms with Crippen LogP contribution in [0.5, 0.6) is 0 Å². The van der Waals surface area contributed by atoms with E-state index in [9.17, 15) is 21.2 Å². The van der Waals surface area contributed by atoms with Crippen LogP contribution >= 0.6 is 22.9 Å². The summed E-state index contributed by atoms with van der Waals surface area (Å²) in [6.07, 6.45) is 1.40. The number of sulfone groups is 1. The zero-order valence-corrected chi connectivity index (χ0v) is 17.4. The van der Waals surface area contributed by atoms with Gasteiger partial charge in [-0.3, -0.25) is 4.72 Å². The molecule has 2 aromatic carbocycles. The number of nitrogens with one attached hydrogen (secondary N) is 1. The highest BCUT2D eigenvalue weighted by atomic mass is 35.5. The van der Waals surface area contributed by atoms with Gasteiger partial charge in [0.1, 0.15) is 5.82 Å². The van der Waals surface area contributed by atoms with Gasteiger partial charge in [0.25, 0.3) is 10.0 Å². The number of nitrogens with zero attached hydrogens (tertiary/aromatic N) is 1. The Morgan fingerprint density at radius 1 is 1.04 bits per heavy atom. The lowest BCUT2D eigenvalue weighted by molar-refractivity contribution is 0.590. The van der Waals surface area contributed by atoms with Gasteiger partial charge < -0.3 is 0 Å². The summed E-state index contributed by atoms with van der Waals surface area (Å²) in [5.41, 5.74) is 0.197. The van der Waals surface area contributed by atoms with E-state index in [-0.39, 0.29) is 37.7 Å². The van der Waals surface area contributed by atoms with Crippen LogP contribution in [0.4, 0.5) is 9.52 Å². The van der Waals surface area contributed by atoms with Crippen LogP contribution in [-0.4, -0.2) is 27.6 Å². The molecular weight excluding hydrogens is 447 g/mol. The van der Waals surface area contributed by atoms with Gasteiger partial charge in [-0.25, -0.2) is 26.2 Å². The number of sulfonamides is 1. The largest absolute Gasteiger partial charge is 0.263 e. The van der Waals surface area contributed by atoms with Crippen LogP contribution in [0.2, 0.25) is 5.02 Å². The minimum atomic E-state index is -3.87. The summed E-state index contributed by atoms with van der Waals surface area (Å²) in [6, 6.07) is 9.21. The minimum absolute atomic E-state index is 0.0527. The van der Waals surface area contributed by atoms with Gasteiger partial charge in [0.05, 0.1) is 20.6 Å². The molecule has 148 valence electrons. The molecule has 0 saturated carbocycles. The van der Waals surface area contributed by atoms with Gasteiger partial charge in [-0.05, 0) is 42.3 Å². The number of anilines is 1. The zero-order valence-electron chi connectivity index (χ0n) is 14.2. The number of halogens is 2. The van der Waals surface area contributed by atoms with E-state index in [1.165, 1.54) is 42.6 Å². The zero-order chi connectivity index (χ0) is 20.4. The lowest BCUT2D eigenvalue weighted by Gasteiger charge is -2.08. The molecule has 0 aliphatic heterocycles. The maximum Gasteiger partial charge on any atom is 0.263 e. The van der Waals surface area contributed by atoms with Crippen molar-refractivity contribution in [2.24, 2.45) is 0 Å². The summed E-state index contributed by atoms with van der Waals surface area (Å²) in [6.45, 7) is 0. The molecule has 3 aromatic rings. The van der Waals surface area contributed by atoms with Crippen molar-refractivity contribution in [3.8, 4) is 0 Å². The molecule has 1 heterocycles. The molecule has 0 saturated heterocycles. The fraction of sp³-hybridized carbons (Fsp3) is 0.118. The Hall–Kier alpha value is -2.01. The number of rotatable bonds is 7. The molecule has 0 aliphatic carbocycles. The van der Waals surface area contributed by atoms with E-state index in [0.717, 1.165) is 11.3 Å². The number of benzene rings is 2. The molecule has 28 heavy (non-hydrogen) atoms. The summed E-state index contributed by atoms with van der Waals surface area (Å²) >= 11 is 6.82. The van der Waals surface area contributed by atoms with Crippen LogP contribution < -0.4 is 4.72 Å². The van der Waals surface area contributed by atoms with Crippen molar-refractivity contribution in [3.05, 3.63) is 70.4 Å². The lowest BCUT2D eigenvalue weighted by atomic mass is 10.1. The van der Waals surface area contributed by atoms with Crippen molar-refractivity contribution in [1.29, 1.82) is 0 Å². The molecule has 0 spiro atoms. The first kappa shape index (κ1) is 20.7. The molecule has 0 fully saturated rings. The number of aryl methyl sites for hydroxylation is 1. The van der Waals surface area contributed by atoms with Gasteiger partial charge in [0.2, 0.25) is 0 Å². The van der Waals surface area contributed by atoms with E-state index < -0.39 is 25.7 Å². The first-order valence-corrected chi connectivity index (χ1v) is 12.3. The van der Waals surface area contributed by atoms with E-state index in [0.29, 0.717) is 0 Å². The highest BCUT2D eigenvalue weighted by molar-refractivity contribution is 7.93. The Balaban J connectivity index is 1.75. The average Bonchev–Trinajstić information content (AvgIpc) is 3.15. The Morgan fingerprint density at radius 3 is 2.36 bits per heavy atom. The predicted molar refractivity (Wildman–Crippen MR) is 107 cm³/mol. The van der Waals surface area contributed by atoms with E-state index in [1.807, 2.05) is 0 Å². The fourth-order valence-corrected chi connectivity index (χ4v) is 5.64. The maximum absolute atomic E-state index is 13.9. The Bertz CT molecular complexity index is 1180. The Kier molecular flexibility index (Phi) is 6.04. The quantitative estimate of drug-likeness (QED) is 0.579. The maximum atomic E-state index is 13.9. The monoisotopic (exact) mass is 460 g/mol. The normalized spacial score (nSPS) is 12.1. The van der Waals surface area contributed by atoms with Crippen molar-refractivity contribution in [3.63, 3.8) is 0 Å². The van der Waals surface area contributed by atoms with Gasteiger partial charge in [0.15, 0.2) is 15.0 Å². The SMILES string of the molecule is O=S(=O)(CCc1cccc(Cl)c1F)c1ccc(S(=O)(=O)Nc2nccs2)cc1. The van der Waals surface area contributed by atoms with Crippen molar-refractivity contribution in [1.82, 2.24) is 4.98 Å². The summed E-state index contributed by atoms with van der Waals surface area (Å²) in [5, 5.41) is 1.76. The topological polar surface area (TPSA) is 93.2 Å². The molecule has 0 aliphatic rings. The van der Waals surface area contributed by atoms with Gasteiger partial charge in [-0.2, -0.15) is 0 Å². The molecule has 11 heteroatoms. The third-order valence-electron chi connectivity index (χ3n) is 3.82. The second-order valence-corrected chi connectivity index (χ2v) is 10.8. The van der Waals surface area contributed by atoms with Gasteiger partial charge in [0, 0.05) is 11.6 Å². The first-order chi connectivity index (χ1) is 13.2. The number of hydrogen-bond acceptors (Lipinski definition) is 6. The lowest BCUT2D eigenvalue weighted by Crippen LogP contribution is -2.14. The van der Waals surface area contributed by atoms with E-state index >= 15 is 0 Å². The highest BCUT2D eigenvalue weighted by Crippen LogP contribution is 2.22. The van der Waals surface area contributed by atoms with E-state index in [4.69, 9.17) is 11.6 Å². The van der Waals surface area contributed by atoms with Crippen LogP contribution in [0.3, 0.4) is 0 Å². The third kappa shape index (κ3) is 4.69. The minimum Gasteiger partial charge on any atom is -0.255 e. The Labute approximate surface area is 171 Å². The fourth-order valence-electron chi connectivity index (χ4n) is 2.38. The highest BCUT2D eigenvalue weighted by Gasteiger charge is 2.20. The molecule has 0 unspecified atom stereocenters. The number of hydrogen-bond donors (Lipinski definition) is 1. The molecule has 0 radical (unpaired) electrons. The second-order valence-electron chi connectivity index (χ2n) is 5.70. The smallest absolute Gasteiger partial charge is 0.255 e. The number of thiazole rings is 1. The van der Waals surface area contributed by atoms with Crippen LogP contribution in [0.15, 0.2) is 63.8 Å². The van der Waals surface area contributed by atoms with Crippen LogP contribution in [-0.2, 0) is 26.3 Å². The summed E-state index contributed by atoms with van der Waals surface area (Å²) in [4.78, 5) is 3.69. The van der Waals surface area contributed by atoms with Crippen molar-refractivity contribution in [2.75, 3.05) is 10.5 Å². The summed E-state index contributed by atoms with van der Waals surface area (Å²) in [7, 11) is -7.61. The molecule has 1 aromatic heterocycles. The Morgan fingerprint density at radius 2 is 1.71 bits per heavy atom. The van der Waals surface area contributed by atoms with E-state index in [1.54, 1.807) is 11.4 Å². The molecule has 0 atom stereocenters. The molecular formula is C17H14ClFN2O4S3. The molecule has 0 bridgehead atoms. The van der Waals surface area contributed by atoms with Crippen molar-refractivity contribution in [2.45, 2.75) is 16.2 Å². The van der Waals surface area contributed by atoms with Gasteiger partial charge in [-0.1, -0.05) is 23.7 Å². The second kappa shape index (κ2) is 8.16. The van der Waals surface area contributed by atoms with Crippen LogP contribution in [0.1, 0.15) is 5.56 Å². The predicted octanol–water partition coefficient (Wildman–Crippen LogP) is 3.75. The van der Waals surface area contributed by atoms with Crippen molar-refractivity contribution >= 4 is 47.9 Å². The van der Waals surface area contributed by atoms with Crippen molar-refractivity contribution < 1.29 is 21.2 Å². The summed E-state index contributed by atoms with van der Waals surface area (Å²) in [5.74, 6) is -0.984. The van der Waals surface area contributed by atoms with Gasteiger partial charge >= 0.3 is 0 Å². The van der Waals surface area contributed by atoms with Crippen LogP contribution in [0.25, 0.3) is 0 Å². The average molecular weight is 461 g/mol. The van der Waals surface area contributed by atoms with E-state index in [2.05, 4.69) is 9.71 Å². The summed E-state index contributed by atoms with van der Waals surface area (Å²) < 4.78 is 65.8. The van der Waals surface area contributed by atoms with Crippen LogP contribution in [0, 0.1) is 5.82 Å². The number of aromatic nitrogens is 1. The van der Waals surface area contributed by atoms with Gasteiger partial charge in [-0.15, -0.1) is 11.3 Å². The molecule has 1 N–H and O–H groups in total. The standard InChI is InChI=1S/C17H14ClFN2O4S3/c18-15-3-1-2-12(16(15)19)8-11-27(22,23)13-4-6-14(7-5-13)28(24,25)21-17-20-9-10-26-17/h1-7,9-10H,8,11H2,(H,20,21). The first-order valence-electron chi connectivity index (χ1n) is 7.87.